The fourth-order valence-corrected chi connectivity index (χ4v) is 1.79. The molecule has 0 unspecified atom stereocenters. The molecule has 0 aromatic heterocycles. The Bertz CT molecular complexity index is 470. The second kappa shape index (κ2) is 4.73. The lowest BCUT2D eigenvalue weighted by molar-refractivity contribution is -0.330. The minimum absolute atomic E-state index is 0.348. The van der Waals surface area contributed by atoms with Crippen LogP contribution in [0.3, 0.4) is 0 Å². The molecule has 1 rings (SSSR count). The van der Waals surface area contributed by atoms with Gasteiger partial charge in [0.05, 0.1) is 5.69 Å². The highest BCUT2D eigenvalue weighted by molar-refractivity contribution is 8.00. The van der Waals surface area contributed by atoms with Crippen molar-refractivity contribution in [3.05, 3.63) is 24.0 Å². The molecule has 0 aliphatic rings. The van der Waals surface area contributed by atoms with E-state index >= 15 is 0 Å². The number of nitrogen functional groups attached to an aromatic ring is 1. The van der Waals surface area contributed by atoms with E-state index in [0.29, 0.717) is 12.1 Å². The van der Waals surface area contributed by atoms with Gasteiger partial charge in [-0.3, -0.25) is 0 Å². The number of rotatable bonds is 3. The van der Waals surface area contributed by atoms with Gasteiger partial charge in [0.15, 0.2) is 0 Å². The van der Waals surface area contributed by atoms with Gasteiger partial charge in [-0.05, 0) is 30.0 Å². The molecule has 0 aliphatic carbocycles. The van der Waals surface area contributed by atoms with Crippen LogP contribution in [-0.2, 0) is 0 Å². The Morgan fingerprint density at radius 3 is 1.89 bits per heavy atom. The molecule has 1 aromatic rings. The van der Waals surface area contributed by atoms with E-state index in [1.807, 2.05) is 0 Å². The first-order valence-electron chi connectivity index (χ1n) is 4.45. The summed E-state index contributed by atoms with van der Waals surface area (Å²) in [5.74, 6) is -7.45. The van der Waals surface area contributed by atoms with Gasteiger partial charge in [-0.25, -0.2) is 4.39 Å². The number of benzene rings is 1. The van der Waals surface area contributed by atoms with Crippen LogP contribution in [0.4, 0.5) is 40.8 Å². The van der Waals surface area contributed by atoms with E-state index in [9.17, 15) is 35.1 Å². The van der Waals surface area contributed by atoms with Gasteiger partial charge < -0.3 is 5.73 Å². The maximum Gasteiger partial charge on any atom is 0.460 e. The number of halogens is 8. The number of thioether (sulfide) groups is 1. The molecule has 0 bridgehead atoms. The predicted molar refractivity (Wildman–Crippen MR) is 52.6 cm³/mol. The lowest BCUT2D eigenvalue weighted by atomic mass is 10.3. The van der Waals surface area contributed by atoms with Crippen LogP contribution in [0.25, 0.3) is 0 Å². The maximum atomic E-state index is 13.0. The lowest BCUT2D eigenvalue weighted by Crippen LogP contribution is -2.49. The first-order valence-corrected chi connectivity index (χ1v) is 5.26. The van der Waals surface area contributed by atoms with Gasteiger partial charge in [0.1, 0.15) is 5.82 Å². The number of anilines is 1. The van der Waals surface area contributed by atoms with E-state index in [-0.39, 0.29) is 0 Å². The monoisotopic (exact) mass is 311 g/mol. The molecule has 0 fully saturated rings. The van der Waals surface area contributed by atoms with Crippen molar-refractivity contribution in [3.8, 4) is 0 Å². The van der Waals surface area contributed by atoms with Gasteiger partial charge in [0, 0.05) is 4.90 Å². The molecule has 0 radical (unpaired) electrons. The summed E-state index contributed by atoms with van der Waals surface area (Å²) in [5.41, 5.74) is 4.56. The number of nitrogens with two attached hydrogens (primary N) is 1. The Balaban J connectivity index is 3.05. The number of hydrogen-bond acceptors (Lipinski definition) is 2. The predicted octanol–water partition coefficient (Wildman–Crippen LogP) is 4.29. The maximum absolute atomic E-state index is 13.0. The Morgan fingerprint density at radius 1 is 0.947 bits per heavy atom. The summed E-state index contributed by atoms with van der Waals surface area (Å²) in [4.78, 5) is -0.805. The molecule has 0 atom stereocenters. The lowest BCUT2D eigenvalue weighted by Gasteiger charge is -2.27. The molecule has 0 amide bonds. The van der Waals surface area contributed by atoms with Crippen molar-refractivity contribution in [1.29, 1.82) is 0 Å². The molecule has 1 nitrogen and oxygen atoms in total. The Morgan fingerprint density at radius 2 is 1.47 bits per heavy atom. The van der Waals surface area contributed by atoms with E-state index in [1.54, 1.807) is 0 Å². The van der Waals surface area contributed by atoms with Crippen molar-refractivity contribution in [1.82, 2.24) is 0 Å². The van der Waals surface area contributed by atoms with Crippen molar-refractivity contribution in [2.24, 2.45) is 0 Å². The summed E-state index contributed by atoms with van der Waals surface area (Å²) in [6.07, 6.45) is -6.42. The van der Waals surface area contributed by atoms with Crippen LogP contribution >= 0.6 is 11.8 Å². The molecule has 19 heavy (non-hydrogen) atoms. The van der Waals surface area contributed by atoms with Crippen LogP contribution in [0.5, 0.6) is 0 Å². The van der Waals surface area contributed by atoms with Gasteiger partial charge in [0.25, 0.3) is 0 Å². The summed E-state index contributed by atoms with van der Waals surface area (Å²) in [7, 11) is 0. The number of hydrogen-bond donors (Lipinski definition) is 1. The van der Waals surface area contributed by atoms with Crippen LogP contribution in [-0.4, -0.2) is 17.4 Å². The van der Waals surface area contributed by atoms with E-state index in [1.165, 1.54) is 0 Å². The van der Waals surface area contributed by atoms with E-state index in [4.69, 9.17) is 5.73 Å². The Kier molecular flexibility index (Phi) is 3.95. The van der Waals surface area contributed by atoms with Gasteiger partial charge in [-0.1, -0.05) is 0 Å². The van der Waals surface area contributed by atoms with E-state index < -0.39 is 45.5 Å². The summed E-state index contributed by atoms with van der Waals surface area (Å²) in [6, 6.07) is 1.84. The van der Waals surface area contributed by atoms with Crippen molar-refractivity contribution >= 4 is 17.4 Å². The van der Waals surface area contributed by atoms with Crippen LogP contribution in [0.1, 0.15) is 0 Å². The highest BCUT2D eigenvalue weighted by Gasteiger charge is 2.73. The van der Waals surface area contributed by atoms with Gasteiger partial charge in [-0.2, -0.15) is 30.7 Å². The normalized spacial score (nSPS) is 13.7. The topological polar surface area (TPSA) is 26.0 Å². The third-order valence-corrected chi connectivity index (χ3v) is 2.94. The largest absolute Gasteiger partial charge is 0.460 e. The highest BCUT2D eigenvalue weighted by Crippen LogP contribution is 2.53. The zero-order valence-electron chi connectivity index (χ0n) is 8.74. The zero-order chi connectivity index (χ0) is 15.1. The Hall–Kier alpha value is -1.19. The van der Waals surface area contributed by atoms with Crippen molar-refractivity contribution in [2.75, 3.05) is 5.73 Å². The summed E-state index contributed by atoms with van der Waals surface area (Å²) >= 11 is -1.10. The van der Waals surface area contributed by atoms with Crippen molar-refractivity contribution in [3.63, 3.8) is 0 Å². The molecular weight excluding hydrogens is 306 g/mol. The molecule has 0 heterocycles. The Labute approximate surface area is 105 Å². The molecule has 0 saturated heterocycles. The highest BCUT2D eigenvalue weighted by atomic mass is 32.2. The second-order valence-electron chi connectivity index (χ2n) is 3.37. The third kappa shape index (κ3) is 3.04. The molecule has 10 heteroatoms. The fourth-order valence-electron chi connectivity index (χ4n) is 0.948. The minimum Gasteiger partial charge on any atom is -0.396 e. The van der Waals surface area contributed by atoms with Crippen LogP contribution in [0.2, 0.25) is 0 Å². The first-order chi connectivity index (χ1) is 8.38. The molecule has 108 valence electrons. The quantitative estimate of drug-likeness (QED) is 0.512. The summed E-state index contributed by atoms with van der Waals surface area (Å²) in [6.45, 7) is 0. The smallest absolute Gasteiger partial charge is 0.396 e. The van der Waals surface area contributed by atoms with Crippen LogP contribution in [0, 0.1) is 5.82 Å². The van der Waals surface area contributed by atoms with Crippen molar-refractivity contribution in [2.45, 2.75) is 22.2 Å². The zero-order valence-corrected chi connectivity index (χ0v) is 9.56. The SMILES string of the molecule is Nc1ccc(SC(F)(F)C(F)(F)C(F)(F)F)cc1F. The average Bonchev–Trinajstić information content (AvgIpc) is 2.21. The summed E-state index contributed by atoms with van der Waals surface area (Å²) in [5, 5.41) is -5.48. The van der Waals surface area contributed by atoms with Gasteiger partial charge in [0.2, 0.25) is 0 Å². The third-order valence-electron chi connectivity index (χ3n) is 1.94. The van der Waals surface area contributed by atoms with Gasteiger partial charge in [-0.15, -0.1) is 0 Å². The molecule has 0 spiro atoms. The standard InChI is InChI=1S/C9H5F8NS/c10-5-3-4(1-2-6(5)18)19-9(16,17)7(11,12)8(13,14)15/h1-3H,18H2. The van der Waals surface area contributed by atoms with E-state index in [2.05, 4.69) is 0 Å². The fraction of sp³-hybridized carbons (Fsp3) is 0.333. The second-order valence-corrected chi connectivity index (χ2v) is 4.56. The summed E-state index contributed by atoms with van der Waals surface area (Å²) < 4.78 is 99.4. The van der Waals surface area contributed by atoms with Crippen LogP contribution in [0.15, 0.2) is 23.1 Å². The molecule has 1 aromatic carbocycles. The van der Waals surface area contributed by atoms with E-state index in [0.717, 1.165) is 6.07 Å². The van der Waals surface area contributed by atoms with Gasteiger partial charge >= 0.3 is 17.4 Å². The molecular formula is C9H5F8NS. The molecule has 2 N–H and O–H groups in total. The first kappa shape index (κ1) is 15.9. The minimum atomic E-state index is -6.42. The van der Waals surface area contributed by atoms with Crippen LogP contribution < -0.4 is 5.73 Å². The number of alkyl halides is 7. The average molecular weight is 311 g/mol. The molecule has 0 saturated carbocycles. The van der Waals surface area contributed by atoms with Crippen molar-refractivity contribution < 1.29 is 35.1 Å². The molecule has 0 aliphatic heterocycles.